The van der Waals surface area contributed by atoms with Crippen molar-refractivity contribution in [3.05, 3.63) is 28.2 Å². The first-order chi connectivity index (χ1) is 10.1. The fourth-order valence-corrected chi connectivity index (χ4v) is 3.50. The molecular formula is C16H19BrClFN2. The lowest BCUT2D eigenvalue weighted by atomic mass is 10.1. The van der Waals surface area contributed by atoms with Gasteiger partial charge in [0.05, 0.1) is 15.5 Å². The molecule has 114 valence electrons. The van der Waals surface area contributed by atoms with E-state index in [4.69, 9.17) is 11.6 Å². The summed E-state index contributed by atoms with van der Waals surface area (Å²) in [6.45, 7) is 2.21. The first-order valence-corrected chi connectivity index (χ1v) is 8.88. The normalized spacial score (nSPS) is 16.6. The minimum atomic E-state index is -0.264. The molecule has 0 saturated heterocycles. The van der Waals surface area contributed by atoms with E-state index in [0.29, 0.717) is 16.4 Å². The molecule has 0 spiro atoms. The highest BCUT2D eigenvalue weighted by molar-refractivity contribution is 9.10. The Hall–Kier alpha value is -0.610. The minimum absolute atomic E-state index is 0.264. The number of hydrogen-bond acceptors (Lipinski definition) is 1. The molecule has 1 heterocycles. The van der Waals surface area contributed by atoms with Crippen molar-refractivity contribution < 1.29 is 4.39 Å². The van der Waals surface area contributed by atoms with Crippen LogP contribution in [0.25, 0.3) is 11.0 Å². The van der Waals surface area contributed by atoms with E-state index in [-0.39, 0.29) is 5.82 Å². The van der Waals surface area contributed by atoms with Crippen LogP contribution in [0.5, 0.6) is 0 Å². The molecule has 1 aromatic heterocycles. The van der Waals surface area contributed by atoms with E-state index in [2.05, 4.69) is 32.4 Å². The lowest BCUT2D eigenvalue weighted by molar-refractivity contribution is 0.426. The molecule has 0 radical (unpaired) electrons. The standard InChI is InChI=1S/C16H19BrClFN2/c1-2-11(7-10-3-4-10)21-15-8-12(17)13(19)9-14(15)20-16(21)5-6-18/h8-11H,2-7H2,1H3. The van der Waals surface area contributed by atoms with Gasteiger partial charge < -0.3 is 4.57 Å². The molecule has 0 aliphatic heterocycles. The summed E-state index contributed by atoms with van der Waals surface area (Å²) in [6.07, 6.45) is 5.65. The van der Waals surface area contributed by atoms with Gasteiger partial charge in [-0.1, -0.05) is 19.8 Å². The Balaban J connectivity index is 2.11. The maximum absolute atomic E-state index is 13.8. The molecule has 2 nitrogen and oxygen atoms in total. The topological polar surface area (TPSA) is 17.8 Å². The van der Waals surface area contributed by atoms with Crippen molar-refractivity contribution in [2.75, 3.05) is 5.88 Å². The van der Waals surface area contributed by atoms with E-state index in [1.54, 1.807) is 0 Å². The molecule has 5 heteroatoms. The second-order valence-corrected chi connectivity index (χ2v) is 7.07. The molecule has 0 bridgehead atoms. The molecule has 1 atom stereocenters. The number of imidazole rings is 1. The number of nitrogens with zero attached hydrogens (tertiary/aromatic N) is 2. The Kier molecular flexibility index (Phi) is 4.55. The molecular weight excluding hydrogens is 355 g/mol. The van der Waals surface area contributed by atoms with Crippen molar-refractivity contribution in [3.8, 4) is 0 Å². The average Bonchev–Trinajstić information content (AvgIpc) is 3.21. The van der Waals surface area contributed by atoms with Crippen LogP contribution in [-0.2, 0) is 6.42 Å². The maximum Gasteiger partial charge on any atom is 0.139 e. The van der Waals surface area contributed by atoms with Crippen molar-refractivity contribution in [2.24, 2.45) is 5.92 Å². The minimum Gasteiger partial charge on any atom is -0.325 e. The van der Waals surface area contributed by atoms with E-state index in [1.807, 2.05) is 6.07 Å². The summed E-state index contributed by atoms with van der Waals surface area (Å²) < 4.78 is 16.5. The van der Waals surface area contributed by atoms with Crippen LogP contribution in [0.15, 0.2) is 16.6 Å². The summed E-state index contributed by atoms with van der Waals surface area (Å²) in [5.74, 6) is 2.09. The van der Waals surface area contributed by atoms with Gasteiger partial charge in [0.25, 0.3) is 0 Å². The third-order valence-electron chi connectivity index (χ3n) is 4.26. The zero-order valence-corrected chi connectivity index (χ0v) is 14.4. The number of benzene rings is 1. The first kappa shape index (κ1) is 15.3. The summed E-state index contributed by atoms with van der Waals surface area (Å²) in [7, 11) is 0. The summed E-state index contributed by atoms with van der Waals surface area (Å²) in [5.41, 5.74) is 1.74. The van der Waals surface area contributed by atoms with E-state index in [9.17, 15) is 4.39 Å². The van der Waals surface area contributed by atoms with Crippen LogP contribution in [0.2, 0.25) is 0 Å². The van der Waals surface area contributed by atoms with E-state index >= 15 is 0 Å². The van der Waals surface area contributed by atoms with Gasteiger partial charge in [-0.25, -0.2) is 9.37 Å². The lowest BCUT2D eigenvalue weighted by Crippen LogP contribution is -2.13. The van der Waals surface area contributed by atoms with Crippen LogP contribution < -0.4 is 0 Å². The molecule has 1 aromatic carbocycles. The number of aryl methyl sites for hydroxylation is 1. The summed E-state index contributed by atoms with van der Waals surface area (Å²) >= 11 is 9.22. The summed E-state index contributed by atoms with van der Waals surface area (Å²) in [4.78, 5) is 4.62. The van der Waals surface area contributed by atoms with Crippen LogP contribution in [0.1, 0.15) is 44.5 Å². The Morgan fingerprint density at radius 2 is 2.24 bits per heavy atom. The highest BCUT2D eigenvalue weighted by Crippen LogP contribution is 2.39. The Labute approximate surface area is 137 Å². The summed E-state index contributed by atoms with van der Waals surface area (Å²) in [6, 6.07) is 3.79. The molecule has 1 saturated carbocycles. The monoisotopic (exact) mass is 372 g/mol. The molecule has 0 amide bonds. The smallest absolute Gasteiger partial charge is 0.139 e. The largest absolute Gasteiger partial charge is 0.325 e. The summed E-state index contributed by atoms with van der Waals surface area (Å²) in [5, 5.41) is 0. The number of hydrogen-bond donors (Lipinski definition) is 0. The van der Waals surface area contributed by atoms with Crippen molar-refractivity contribution in [3.63, 3.8) is 0 Å². The number of alkyl halides is 1. The van der Waals surface area contributed by atoms with Crippen molar-refractivity contribution in [1.82, 2.24) is 9.55 Å². The Morgan fingerprint density at radius 3 is 2.86 bits per heavy atom. The van der Waals surface area contributed by atoms with E-state index in [1.165, 1.54) is 25.3 Å². The van der Waals surface area contributed by atoms with Gasteiger partial charge in [-0.05, 0) is 40.8 Å². The van der Waals surface area contributed by atoms with Crippen LogP contribution >= 0.6 is 27.5 Å². The molecule has 0 N–H and O–H groups in total. The highest BCUT2D eigenvalue weighted by atomic mass is 79.9. The van der Waals surface area contributed by atoms with Crippen molar-refractivity contribution in [1.29, 1.82) is 0 Å². The van der Waals surface area contributed by atoms with Gasteiger partial charge in [0, 0.05) is 24.4 Å². The number of fused-ring (bicyclic) bond motifs is 1. The molecule has 2 aromatic rings. The zero-order chi connectivity index (χ0) is 15.0. The molecule has 1 aliphatic rings. The van der Waals surface area contributed by atoms with Crippen molar-refractivity contribution in [2.45, 2.75) is 45.1 Å². The number of aromatic nitrogens is 2. The van der Waals surface area contributed by atoms with Gasteiger partial charge in [0.1, 0.15) is 11.6 Å². The third-order valence-corrected chi connectivity index (χ3v) is 5.06. The second-order valence-electron chi connectivity index (χ2n) is 5.83. The van der Waals surface area contributed by atoms with Crippen LogP contribution in [0.3, 0.4) is 0 Å². The maximum atomic E-state index is 13.8. The van der Waals surface area contributed by atoms with E-state index in [0.717, 1.165) is 35.6 Å². The van der Waals surface area contributed by atoms with Crippen LogP contribution in [0, 0.1) is 11.7 Å². The number of halogens is 3. The lowest BCUT2D eigenvalue weighted by Gasteiger charge is -2.20. The van der Waals surface area contributed by atoms with Crippen molar-refractivity contribution >= 4 is 38.6 Å². The molecule has 21 heavy (non-hydrogen) atoms. The molecule has 1 unspecified atom stereocenters. The van der Waals surface area contributed by atoms with Gasteiger partial charge in [0.15, 0.2) is 0 Å². The van der Waals surface area contributed by atoms with Gasteiger partial charge in [-0.15, -0.1) is 11.6 Å². The predicted molar refractivity (Wildman–Crippen MR) is 88.5 cm³/mol. The average molecular weight is 374 g/mol. The van der Waals surface area contributed by atoms with Crippen LogP contribution in [0.4, 0.5) is 4.39 Å². The van der Waals surface area contributed by atoms with E-state index < -0.39 is 0 Å². The first-order valence-electron chi connectivity index (χ1n) is 7.55. The highest BCUT2D eigenvalue weighted by Gasteiger charge is 2.27. The third kappa shape index (κ3) is 3.11. The Morgan fingerprint density at radius 1 is 1.48 bits per heavy atom. The quantitative estimate of drug-likeness (QED) is 0.614. The fourth-order valence-electron chi connectivity index (χ4n) is 3.00. The van der Waals surface area contributed by atoms with Crippen LogP contribution in [-0.4, -0.2) is 15.4 Å². The number of rotatable bonds is 6. The van der Waals surface area contributed by atoms with Gasteiger partial charge in [-0.2, -0.15) is 0 Å². The second kappa shape index (κ2) is 6.25. The van der Waals surface area contributed by atoms with Gasteiger partial charge in [-0.3, -0.25) is 0 Å². The molecule has 1 aliphatic carbocycles. The van der Waals surface area contributed by atoms with Gasteiger partial charge in [0.2, 0.25) is 0 Å². The molecule has 1 fully saturated rings. The molecule has 3 rings (SSSR count). The SMILES string of the molecule is CCC(CC1CC1)n1c(CCCl)nc2cc(F)c(Br)cc21. The fraction of sp³-hybridized carbons (Fsp3) is 0.562. The Bertz CT molecular complexity index is 651. The van der Waals surface area contributed by atoms with Gasteiger partial charge >= 0.3 is 0 Å². The zero-order valence-electron chi connectivity index (χ0n) is 12.1. The predicted octanol–water partition coefficient (Wildman–Crippen LogP) is 5.47.